The van der Waals surface area contributed by atoms with Crippen LogP contribution in [0, 0.1) is 0 Å². The second-order valence-electron chi connectivity index (χ2n) is 5.14. The van der Waals surface area contributed by atoms with E-state index in [1.165, 1.54) is 5.69 Å². The molecule has 1 aliphatic rings. The molecule has 0 saturated carbocycles. The van der Waals surface area contributed by atoms with Gasteiger partial charge in [0.1, 0.15) is 11.8 Å². The number of aromatic nitrogens is 2. The molecule has 1 atom stereocenters. The van der Waals surface area contributed by atoms with Gasteiger partial charge in [0.25, 0.3) is 0 Å². The first kappa shape index (κ1) is 10.8. The molecule has 0 fully saturated rings. The Morgan fingerprint density at radius 1 is 1.32 bits per heavy atom. The van der Waals surface area contributed by atoms with Crippen molar-refractivity contribution in [2.45, 2.75) is 25.4 Å². The maximum absolute atomic E-state index is 6.00. The lowest BCUT2D eigenvalue weighted by atomic mass is 10.0. The van der Waals surface area contributed by atoms with Crippen LogP contribution in [0.2, 0.25) is 0 Å². The Labute approximate surface area is 110 Å². The normalized spacial score (nSPS) is 18.7. The molecule has 0 aliphatic carbocycles. The SMILES string of the molecule is NC1CCc2c(-c3coc4ccccc34)ncn2C1. The van der Waals surface area contributed by atoms with Gasteiger partial charge in [0.2, 0.25) is 0 Å². The van der Waals surface area contributed by atoms with Gasteiger partial charge in [-0.1, -0.05) is 18.2 Å². The second-order valence-corrected chi connectivity index (χ2v) is 5.14. The summed E-state index contributed by atoms with van der Waals surface area (Å²) in [6.45, 7) is 0.859. The van der Waals surface area contributed by atoms with Gasteiger partial charge in [0, 0.05) is 29.2 Å². The highest BCUT2D eigenvalue weighted by Gasteiger charge is 2.21. The molecule has 19 heavy (non-hydrogen) atoms. The van der Waals surface area contributed by atoms with Gasteiger partial charge in [0.05, 0.1) is 12.0 Å². The number of rotatable bonds is 1. The highest BCUT2D eigenvalue weighted by molar-refractivity contribution is 5.93. The van der Waals surface area contributed by atoms with E-state index in [1.54, 1.807) is 0 Å². The second kappa shape index (κ2) is 3.96. The third kappa shape index (κ3) is 1.60. The lowest BCUT2D eigenvalue weighted by Crippen LogP contribution is -2.31. The van der Waals surface area contributed by atoms with Crippen LogP contribution in [0.1, 0.15) is 12.1 Å². The van der Waals surface area contributed by atoms with Crippen LogP contribution >= 0.6 is 0 Å². The third-order valence-electron chi connectivity index (χ3n) is 3.87. The maximum atomic E-state index is 6.00. The molecule has 4 rings (SSSR count). The minimum absolute atomic E-state index is 0.246. The van der Waals surface area contributed by atoms with Crippen LogP contribution in [-0.2, 0) is 13.0 Å². The Kier molecular flexibility index (Phi) is 2.26. The van der Waals surface area contributed by atoms with Crippen molar-refractivity contribution in [3.05, 3.63) is 42.5 Å². The molecular weight excluding hydrogens is 238 g/mol. The van der Waals surface area contributed by atoms with Crippen molar-refractivity contribution in [2.24, 2.45) is 5.73 Å². The van der Waals surface area contributed by atoms with Gasteiger partial charge >= 0.3 is 0 Å². The molecule has 0 spiro atoms. The van der Waals surface area contributed by atoms with Crippen LogP contribution < -0.4 is 5.73 Å². The fourth-order valence-corrected chi connectivity index (χ4v) is 2.88. The van der Waals surface area contributed by atoms with E-state index in [2.05, 4.69) is 15.6 Å². The Bertz CT molecular complexity index is 741. The van der Waals surface area contributed by atoms with E-state index in [1.807, 2.05) is 30.8 Å². The number of benzene rings is 1. The molecule has 0 bridgehead atoms. The highest BCUT2D eigenvalue weighted by atomic mass is 16.3. The summed E-state index contributed by atoms with van der Waals surface area (Å²) in [6, 6.07) is 8.32. The summed E-state index contributed by atoms with van der Waals surface area (Å²) in [7, 11) is 0. The Morgan fingerprint density at radius 3 is 3.16 bits per heavy atom. The van der Waals surface area contributed by atoms with E-state index < -0.39 is 0 Å². The predicted octanol–water partition coefficient (Wildman–Crippen LogP) is 2.57. The zero-order valence-electron chi connectivity index (χ0n) is 10.5. The van der Waals surface area contributed by atoms with E-state index in [9.17, 15) is 0 Å². The van der Waals surface area contributed by atoms with Crippen LogP contribution in [0.15, 0.2) is 41.3 Å². The van der Waals surface area contributed by atoms with E-state index in [0.29, 0.717) is 0 Å². The molecule has 1 aromatic carbocycles. The van der Waals surface area contributed by atoms with Gasteiger partial charge in [-0.2, -0.15) is 0 Å². The number of fused-ring (bicyclic) bond motifs is 2. The molecule has 4 heteroatoms. The maximum Gasteiger partial charge on any atom is 0.134 e. The molecule has 4 nitrogen and oxygen atoms in total. The van der Waals surface area contributed by atoms with Crippen LogP contribution in [0.3, 0.4) is 0 Å². The molecule has 0 radical (unpaired) electrons. The van der Waals surface area contributed by atoms with Gasteiger partial charge in [-0.05, 0) is 18.9 Å². The molecule has 2 N–H and O–H groups in total. The van der Waals surface area contributed by atoms with Crippen LogP contribution in [0.25, 0.3) is 22.2 Å². The number of nitrogens with two attached hydrogens (primary N) is 1. The Balaban J connectivity index is 1.89. The van der Waals surface area contributed by atoms with Gasteiger partial charge in [-0.15, -0.1) is 0 Å². The quantitative estimate of drug-likeness (QED) is 0.725. The lowest BCUT2D eigenvalue weighted by molar-refractivity contribution is 0.461. The lowest BCUT2D eigenvalue weighted by Gasteiger charge is -2.21. The molecule has 3 aromatic rings. The fourth-order valence-electron chi connectivity index (χ4n) is 2.88. The van der Waals surface area contributed by atoms with Gasteiger partial charge in [-0.25, -0.2) is 4.98 Å². The predicted molar refractivity (Wildman–Crippen MR) is 73.7 cm³/mol. The van der Waals surface area contributed by atoms with E-state index >= 15 is 0 Å². The molecule has 1 aliphatic heterocycles. The van der Waals surface area contributed by atoms with Crippen molar-refractivity contribution in [3.8, 4) is 11.3 Å². The van der Waals surface area contributed by atoms with Crippen molar-refractivity contribution >= 4 is 11.0 Å². The first-order valence-electron chi connectivity index (χ1n) is 6.59. The van der Waals surface area contributed by atoms with Crippen molar-refractivity contribution < 1.29 is 4.42 Å². The largest absolute Gasteiger partial charge is 0.464 e. The first-order valence-corrected chi connectivity index (χ1v) is 6.59. The molecular formula is C15H15N3O. The Hall–Kier alpha value is -2.07. The fraction of sp³-hybridized carbons (Fsp3) is 0.267. The van der Waals surface area contributed by atoms with Crippen molar-refractivity contribution in [3.63, 3.8) is 0 Å². The summed E-state index contributed by atoms with van der Waals surface area (Å²) in [5, 5.41) is 1.12. The number of para-hydroxylation sites is 1. The van der Waals surface area contributed by atoms with Crippen molar-refractivity contribution in [1.82, 2.24) is 9.55 Å². The summed E-state index contributed by atoms with van der Waals surface area (Å²) in [6.07, 6.45) is 5.71. The highest BCUT2D eigenvalue weighted by Crippen LogP contribution is 2.33. The standard InChI is InChI=1S/C15H15N3O/c16-10-5-6-13-15(17-9-18(13)7-10)12-8-19-14-4-2-1-3-11(12)14/h1-4,8-10H,5-7,16H2. The monoisotopic (exact) mass is 253 g/mol. The van der Waals surface area contributed by atoms with Gasteiger partial charge < -0.3 is 14.7 Å². The number of imidazole rings is 1. The molecule has 3 heterocycles. The van der Waals surface area contributed by atoms with Crippen LogP contribution in [0.5, 0.6) is 0 Å². The van der Waals surface area contributed by atoms with Gasteiger partial charge in [0.15, 0.2) is 0 Å². The zero-order valence-corrected chi connectivity index (χ0v) is 10.5. The Morgan fingerprint density at radius 2 is 2.21 bits per heavy atom. The molecule has 2 aromatic heterocycles. The first-order chi connectivity index (χ1) is 9.33. The minimum atomic E-state index is 0.246. The zero-order chi connectivity index (χ0) is 12.8. The molecule has 0 amide bonds. The molecule has 0 saturated heterocycles. The number of hydrogen-bond donors (Lipinski definition) is 1. The van der Waals surface area contributed by atoms with Crippen LogP contribution in [-0.4, -0.2) is 15.6 Å². The summed E-state index contributed by atoms with van der Waals surface area (Å²) in [5.74, 6) is 0. The van der Waals surface area contributed by atoms with E-state index in [0.717, 1.165) is 41.6 Å². The van der Waals surface area contributed by atoms with Crippen molar-refractivity contribution in [2.75, 3.05) is 0 Å². The summed E-state index contributed by atoms with van der Waals surface area (Å²) in [4.78, 5) is 4.57. The number of furan rings is 1. The smallest absolute Gasteiger partial charge is 0.134 e. The number of nitrogens with zero attached hydrogens (tertiary/aromatic N) is 2. The average molecular weight is 253 g/mol. The van der Waals surface area contributed by atoms with Crippen LogP contribution in [0.4, 0.5) is 0 Å². The van der Waals surface area contributed by atoms with E-state index in [-0.39, 0.29) is 6.04 Å². The van der Waals surface area contributed by atoms with Gasteiger partial charge in [-0.3, -0.25) is 0 Å². The third-order valence-corrected chi connectivity index (χ3v) is 3.87. The van der Waals surface area contributed by atoms with E-state index in [4.69, 9.17) is 10.2 Å². The molecule has 1 unspecified atom stereocenters. The average Bonchev–Trinajstić information content (AvgIpc) is 3.01. The summed E-state index contributed by atoms with van der Waals surface area (Å²) >= 11 is 0. The minimum Gasteiger partial charge on any atom is -0.464 e. The molecule has 96 valence electrons. The number of hydrogen-bond acceptors (Lipinski definition) is 3. The summed E-state index contributed by atoms with van der Waals surface area (Å²) in [5.41, 5.74) is 10.3. The topological polar surface area (TPSA) is 57.0 Å². The van der Waals surface area contributed by atoms with Crippen molar-refractivity contribution in [1.29, 1.82) is 0 Å². The summed E-state index contributed by atoms with van der Waals surface area (Å²) < 4.78 is 7.78.